The number of pyridine rings is 1. The Balaban J connectivity index is 2.05. The number of halogens is 1. The van der Waals surface area contributed by atoms with E-state index in [1.807, 2.05) is 19.2 Å². The van der Waals surface area contributed by atoms with Gasteiger partial charge in [-0.2, -0.15) is 0 Å². The van der Waals surface area contributed by atoms with Crippen molar-refractivity contribution in [2.24, 2.45) is 0 Å². The van der Waals surface area contributed by atoms with E-state index in [9.17, 15) is 0 Å². The summed E-state index contributed by atoms with van der Waals surface area (Å²) in [6, 6.07) is 3.78. The van der Waals surface area contributed by atoms with Gasteiger partial charge < -0.3 is 10.1 Å². The van der Waals surface area contributed by atoms with Crippen molar-refractivity contribution in [2.45, 2.75) is 13.0 Å². The highest BCUT2D eigenvalue weighted by Crippen LogP contribution is 2.18. The molecule has 1 aromatic rings. The van der Waals surface area contributed by atoms with E-state index in [1.165, 1.54) is 0 Å². The summed E-state index contributed by atoms with van der Waals surface area (Å²) in [7, 11) is 1.86. The van der Waals surface area contributed by atoms with Crippen LogP contribution in [-0.4, -0.2) is 43.2 Å². The fourth-order valence-electron chi connectivity index (χ4n) is 1.90. The van der Waals surface area contributed by atoms with Gasteiger partial charge >= 0.3 is 0 Å². The van der Waals surface area contributed by atoms with E-state index < -0.39 is 0 Å². The molecule has 0 radical (unpaired) electrons. The third kappa shape index (κ3) is 3.56. The summed E-state index contributed by atoms with van der Waals surface area (Å²) in [5.74, 6) is 0.857. The SMILES string of the molecule is CNc1ccc(Cl)c(CN2CCCOCC2)n1. The standard InChI is InChI=1S/C12H18ClN3O/c1-14-12-4-3-10(13)11(15-12)9-16-5-2-7-17-8-6-16/h3-4H,2,5-9H2,1H3,(H,14,15). The number of hydrogen-bond acceptors (Lipinski definition) is 4. The van der Waals surface area contributed by atoms with Crippen molar-refractivity contribution in [3.63, 3.8) is 0 Å². The summed E-state index contributed by atoms with van der Waals surface area (Å²) < 4.78 is 5.43. The maximum atomic E-state index is 6.17. The predicted octanol–water partition coefficient (Wildman–Crippen LogP) is 2.00. The van der Waals surface area contributed by atoms with Gasteiger partial charge in [-0.1, -0.05) is 11.6 Å². The molecule has 2 heterocycles. The average molecular weight is 256 g/mol. The van der Waals surface area contributed by atoms with Crippen LogP contribution in [0.25, 0.3) is 0 Å². The molecule has 1 fully saturated rings. The van der Waals surface area contributed by atoms with Crippen LogP contribution >= 0.6 is 11.6 Å². The maximum absolute atomic E-state index is 6.17. The van der Waals surface area contributed by atoms with Crippen LogP contribution in [0.5, 0.6) is 0 Å². The summed E-state index contributed by atoms with van der Waals surface area (Å²) in [5.41, 5.74) is 0.931. The number of nitrogens with zero attached hydrogens (tertiary/aromatic N) is 2. The van der Waals surface area contributed by atoms with Crippen LogP contribution in [0.1, 0.15) is 12.1 Å². The molecule has 0 aliphatic carbocycles. The van der Waals surface area contributed by atoms with Gasteiger partial charge in [0, 0.05) is 33.3 Å². The van der Waals surface area contributed by atoms with Gasteiger partial charge in [0.05, 0.1) is 17.3 Å². The van der Waals surface area contributed by atoms with Crippen LogP contribution in [0, 0.1) is 0 Å². The van der Waals surface area contributed by atoms with Gasteiger partial charge in [0.1, 0.15) is 5.82 Å². The predicted molar refractivity (Wildman–Crippen MR) is 69.5 cm³/mol. The summed E-state index contributed by atoms with van der Waals surface area (Å²) >= 11 is 6.17. The average Bonchev–Trinajstić information content (AvgIpc) is 2.60. The highest BCUT2D eigenvalue weighted by molar-refractivity contribution is 6.31. The van der Waals surface area contributed by atoms with E-state index in [-0.39, 0.29) is 0 Å². The van der Waals surface area contributed by atoms with Gasteiger partial charge in [-0.25, -0.2) is 4.98 Å². The molecular weight excluding hydrogens is 238 g/mol. The van der Waals surface area contributed by atoms with Crippen LogP contribution in [0.3, 0.4) is 0 Å². The monoisotopic (exact) mass is 255 g/mol. The molecule has 5 heteroatoms. The fourth-order valence-corrected chi connectivity index (χ4v) is 2.07. The van der Waals surface area contributed by atoms with Crippen molar-refractivity contribution < 1.29 is 4.74 Å². The zero-order valence-corrected chi connectivity index (χ0v) is 10.8. The second kappa shape index (κ2) is 6.19. The molecule has 0 amide bonds. The Hall–Kier alpha value is -0.840. The number of aromatic nitrogens is 1. The number of nitrogens with one attached hydrogen (secondary N) is 1. The molecule has 0 bridgehead atoms. The number of hydrogen-bond donors (Lipinski definition) is 1. The molecule has 0 aromatic carbocycles. The van der Waals surface area contributed by atoms with E-state index in [2.05, 4.69) is 15.2 Å². The van der Waals surface area contributed by atoms with E-state index >= 15 is 0 Å². The zero-order valence-electron chi connectivity index (χ0n) is 10.1. The van der Waals surface area contributed by atoms with Gasteiger partial charge in [-0.15, -0.1) is 0 Å². The van der Waals surface area contributed by atoms with E-state index in [0.717, 1.165) is 55.8 Å². The summed E-state index contributed by atoms with van der Waals surface area (Å²) in [6.45, 7) is 4.43. The Bertz CT molecular complexity index is 365. The van der Waals surface area contributed by atoms with E-state index in [4.69, 9.17) is 16.3 Å². The molecule has 1 aromatic heterocycles. The first kappa shape index (κ1) is 12.6. The summed E-state index contributed by atoms with van der Waals surface area (Å²) in [5, 5.41) is 3.76. The molecular formula is C12H18ClN3O. The second-order valence-corrected chi connectivity index (χ2v) is 4.52. The lowest BCUT2D eigenvalue weighted by atomic mass is 10.3. The minimum atomic E-state index is 0.731. The molecule has 0 spiro atoms. The molecule has 0 unspecified atom stereocenters. The number of ether oxygens (including phenoxy) is 1. The smallest absolute Gasteiger partial charge is 0.126 e. The van der Waals surface area contributed by atoms with Crippen molar-refractivity contribution in [3.8, 4) is 0 Å². The van der Waals surface area contributed by atoms with Gasteiger partial charge in [0.2, 0.25) is 0 Å². The number of rotatable bonds is 3. The molecule has 1 saturated heterocycles. The van der Waals surface area contributed by atoms with Gasteiger partial charge in [0.25, 0.3) is 0 Å². The Morgan fingerprint density at radius 3 is 3.12 bits per heavy atom. The van der Waals surface area contributed by atoms with Crippen LogP contribution in [0.2, 0.25) is 5.02 Å². The van der Waals surface area contributed by atoms with Crippen molar-refractivity contribution in [2.75, 3.05) is 38.7 Å². The van der Waals surface area contributed by atoms with Gasteiger partial charge in [-0.05, 0) is 18.6 Å². The molecule has 1 aliphatic heterocycles. The Kier molecular flexibility index (Phi) is 4.59. The van der Waals surface area contributed by atoms with Crippen molar-refractivity contribution in [1.82, 2.24) is 9.88 Å². The minimum Gasteiger partial charge on any atom is -0.380 e. The van der Waals surface area contributed by atoms with Crippen molar-refractivity contribution >= 4 is 17.4 Å². The Morgan fingerprint density at radius 2 is 2.29 bits per heavy atom. The normalized spacial score (nSPS) is 17.8. The lowest BCUT2D eigenvalue weighted by Gasteiger charge is -2.19. The Morgan fingerprint density at radius 1 is 1.41 bits per heavy atom. The minimum absolute atomic E-state index is 0.731. The quantitative estimate of drug-likeness (QED) is 0.897. The zero-order chi connectivity index (χ0) is 12.1. The van der Waals surface area contributed by atoms with Gasteiger partial charge in [-0.3, -0.25) is 4.90 Å². The largest absolute Gasteiger partial charge is 0.380 e. The second-order valence-electron chi connectivity index (χ2n) is 4.12. The topological polar surface area (TPSA) is 37.4 Å². The molecule has 17 heavy (non-hydrogen) atoms. The number of anilines is 1. The maximum Gasteiger partial charge on any atom is 0.126 e. The van der Waals surface area contributed by atoms with Crippen LogP contribution in [0.15, 0.2) is 12.1 Å². The first-order chi connectivity index (χ1) is 8.29. The molecule has 0 saturated carbocycles. The first-order valence-electron chi connectivity index (χ1n) is 5.93. The molecule has 2 rings (SSSR count). The molecule has 94 valence electrons. The molecule has 1 N–H and O–H groups in total. The van der Waals surface area contributed by atoms with Gasteiger partial charge in [0.15, 0.2) is 0 Å². The molecule has 0 atom stereocenters. The highest BCUT2D eigenvalue weighted by atomic mass is 35.5. The van der Waals surface area contributed by atoms with Crippen molar-refractivity contribution in [3.05, 3.63) is 22.8 Å². The fraction of sp³-hybridized carbons (Fsp3) is 0.583. The van der Waals surface area contributed by atoms with Crippen LogP contribution < -0.4 is 5.32 Å². The van der Waals surface area contributed by atoms with E-state index in [0.29, 0.717) is 0 Å². The highest BCUT2D eigenvalue weighted by Gasteiger charge is 2.12. The van der Waals surface area contributed by atoms with E-state index in [1.54, 1.807) is 0 Å². The summed E-state index contributed by atoms with van der Waals surface area (Å²) in [4.78, 5) is 6.82. The van der Waals surface area contributed by atoms with Crippen LogP contribution in [0.4, 0.5) is 5.82 Å². The Labute approximate surface area is 107 Å². The lowest BCUT2D eigenvalue weighted by Crippen LogP contribution is -2.26. The third-order valence-corrected chi connectivity index (χ3v) is 3.21. The van der Waals surface area contributed by atoms with Crippen LogP contribution in [-0.2, 0) is 11.3 Å². The molecule has 4 nitrogen and oxygen atoms in total. The molecule has 1 aliphatic rings. The van der Waals surface area contributed by atoms with Crippen molar-refractivity contribution in [1.29, 1.82) is 0 Å². The lowest BCUT2D eigenvalue weighted by molar-refractivity contribution is 0.140. The first-order valence-corrected chi connectivity index (χ1v) is 6.30. The third-order valence-electron chi connectivity index (χ3n) is 2.86. The summed E-state index contributed by atoms with van der Waals surface area (Å²) in [6.07, 6.45) is 1.07.